The third-order valence-corrected chi connectivity index (χ3v) is 5.23. The Morgan fingerprint density at radius 2 is 1.71 bits per heavy atom. The second-order valence-electron chi connectivity index (χ2n) is 5.75. The number of para-hydroxylation sites is 1. The van der Waals surface area contributed by atoms with E-state index in [0.29, 0.717) is 4.90 Å². The molecule has 2 aromatic rings. The van der Waals surface area contributed by atoms with Gasteiger partial charge >= 0.3 is 12.0 Å². The van der Waals surface area contributed by atoms with Gasteiger partial charge in [0.1, 0.15) is 6.04 Å². The summed E-state index contributed by atoms with van der Waals surface area (Å²) in [6, 6.07) is 9.88. The van der Waals surface area contributed by atoms with Crippen LogP contribution in [0, 0.1) is 10.1 Å². The summed E-state index contributed by atoms with van der Waals surface area (Å²) in [7, 11) is -4.25. The van der Waals surface area contributed by atoms with E-state index in [1.807, 2.05) is 0 Å². The number of carboxylic acids is 1. The summed E-state index contributed by atoms with van der Waals surface area (Å²) in [4.78, 5) is 35.0. The first kappa shape index (κ1) is 20.8. The largest absolute Gasteiger partial charge is 0.480 e. The third-order valence-electron chi connectivity index (χ3n) is 3.89. The number of nitrogens with one attached hydrogen (secondary N) is 1. The Bertz CT molecular complexity index is 993. The van der Waals surface area contributed by atoms with E-state index < -0.39 is 39.5 Å². The Labute approximate surface area is 160 Å². The van der Waals surface area contributed by atoms with Gasteiger partial charge in [0.15, 0.2) is 0 Å². The fourth-order valence-corrected chi connectivity index (χ4v) is 3.34. The van der Waals surface area contributed by atoms with Gasteiger partial charge < -0.3 is 10.0 Å². The van der Waals surface area contributed by atoms with Crippen LogP contribution in [0.5, 0.6) is 0 Å². The monoisotopic (exact) mass is 407 g/mol. The Balaban J connectivity index is 2.35. The zero-order valence-corrected chi connectivity index (χ0v) is 15.5. The molecule has 0 radical (unpaired) electrons. The van der Waals surface area contributed by atoms with Crippen molar-refractivity contribution in [1.82, 2.24) is 9.62 Å². The van der Waals surface area contributed by atoms with Crippen LogP contribution in [0.3, 0.4) is 0 Å². The van der Waals surface area contributed by atoms with Crippen molar-refractivity contribution >= 4 is 27.7 Å². The molecule has 0 aliphatic heterocycles. The molecule has 0 heterocycles. The van der Waals surface area contributed by atoms with E-state index in [0.717, 1.165) is 0 Å². The molecule has 0 aliphatic rings. The fourth-order valence-electron chi connectivity index (χ4n) is 2.36. The van der Waals surface area contributed by atoms with Gasteiger partial charge in [-0.25, -0.2) is 22.7 Å². The van der Waals surface area contributed by atoms with Crippen molar-refractivity contribution < 1.29 is 28.0 Å². The van der Waals surface area contributed by atoms with Gasteiger partial charge in [-0.2, -0.15) is 0 Å². The number of amides is 2. The molecule has 2 aromatic carbocycles. The number of nitro groups is 1. The van der Waals surface area contributed by atoms with Crippen molar-refractivity contribution in [2.24, 2.45) is 0 Å². The first-order valence-electron chi connectivity index (χ1n) is 7.97. The highest BCUT2D eigenvalue weighted by Gasteiger charge is 2.30. The van der Waals surface area contributed by atoms with Gasteiger partial charge in [-0.3, -0.25) is 10.1 Å². The predicted octanol–water partition coefficient (Wildman–Crippen LogP) is 1.97. The molecule has 0 aromatic heterocycles. The summed E-state index contributed by atoms with van der Waals surface area (Å²) in [5, 5.41) is 20.4. The number of benzene rings is 2. The molecule has 28 heavy (non-hydrogen) atoms. The molecule has 0 saturated heterocycles. The third kappa shape index (κ3) is 4.82. The zero-order valence-electron chi connectivity index (χ0n) is 14.7. The molecule has 2 rings (SSSR count). The minimum absolute atomic E-state index is 0.0628. The lowest BCUT2D eigenvalue weighted by Crippen LogP contribution is -2.49. The number of carbonyl (C=O) groups is 2. The topological polar surface area (TPSA) is 147 Å². The van der Waals surface area contributed by atoms with Crippen LogP contribution in [0.2, 0.25) is 0 Å². The molecule has 0 aliphatic carbocycles. The Kier molecular flexibility index (Phi) is 6.31. The minimum Gasteiger partial charge on any atom is -0.480 e. The van der Waals surface area contributed by atoms with Crippen LogP contribution in [-0.4, -0.2) is 41.4 Å². The van der Waals surface area contributed by atoms with Crippen molar-refractivity contribution in [3.63, 3.8) is 0 Å². The van der Waals surface area contributed by atoms with Crippen molar-refractivity contribution in [2.45, 2.75) is 24.4 Å². The summed E-state index contributed by atoms with van der Waals surface area (Å²) in [6.45, 7) is 0.701. The molecular weight excluding hydrogens is 390 g/mol. The van der Waals surface area contributed by atoms with Crippen LogP contribution in [0.4, 0.5) is 10.5 Å². The number of nitrogens with zero attached hydrogens (tertiary/aromatic N) is 2. The van der Waals surface area contributed by atoms with E-state index in [-0.39, 0.29) is 16.1 Å². The maximum absolute atomic E-state index is 12.6. The first-order valence-corrected chi connectivity index (χ1v) is 9.45. The second-order valence-corrected chi connectivity index (χ2v) is 7.43. The standard InChI is InChI=1S/C17H17N3O7S/c1-12(16(21)22)19(11-13-7-5-6-10-15(13)20(24)25)17(23)18-28(26,27)14-8-3-2-4-9-14/h2-10,12H,11H2,1H3,(H,18,23)(H,21,22). The van der Waals surface area contributed by atoms with Crippen molar-refractivity contribution in [3.05, 3.63) is 70.3 Å². The summed E-state index contributed by atoms with van der Waals surface area (Å²) in [5.74, 6) is -1.40. The molecular formula is C17H17N3O7S. The van der Waals surface area contributed by atoms with Crippen LogP contribution in [0.1, 0.15) is 12.5 Å². The van der Waals surface area contributed by atoms with Gasteiger partial charge in [0, 0.05) is 11.6 Å². The minimum atomic E-state index is -4.25. The SMILES string of the molecule is CC(C(=O)O)N(Cc1ccccc1[N+](=O)[O-])C(=O)NS(=O)(=O)c1ccccc1. The van der Waals surface area contributed by atoms with Gasteiger partial charge in [-0.15, -0.1) is 0 Å². The molecule has 1 unspecified atom stereocenters. The Morgan fingerprint density at radius 3 is 2.29 bits per heavy atom. The van der Waals surface area contributed by atoms with E-state index in [9.17, 15) is 33.2 Å². The maximum atomic E-state index is 12.6. The number of carbonyl (C=O) groups excluding carboxylic acids is 1. The molecule has 148 valence electrons. The number of urea groups is 1. The van der Waals surface area contributed by atoms with Crippen molar-refractivity contribution in [3.8, 4) is 0 Å². The highest BCUT2D eigenvalue weighted by Crippen LogP contribution is 2.21. The van der Waals surface area contributed by atoms with Gasteiger partial charge in [0.2, 0.25) is 0 Å². The van der Waals surface area contributed by atoms with Gasteiger partial charge in [-0.05, 0) is 19.1 Å². The molecule has 0 bridgehead atoms. The first-order chi connectivity index (χ1) is 13.1. The number of aliphatic carboxylic acids is 1. The molecule has 2 amide bonds. The number of hydrogen-bond acceptors (Lipinski definition) is 6. The highest BCUT2D eigenvalue weighted by atomic mass is 32.2. The number of carboxylic acid groups (broad SMARTS) is 1. The van der Waals surface area contributed by atoms with Gasteiger partial charge in [0.05, 0.1) is 16.4 Å². The molecule has 2 N–H and O–H groups in total. The molecule has 0 spiro atoms. The quantitative estimate of drug-likeness (QED) is 0.527. The lowest BCUT2D eigenvalue weighted by atomic mass is 10.1. The fraction of sp³-hybridized carbons (Fsp3) is 0.176. The average Bonchev–Trinajstić information content (AvgIpc) is 2.66. The number of hydrogen-bond donors (Lipinski definition) is 2. The molecule has 1 atom stereocenters. The summed E-state index contributed by atoms with van der Waals surface area (Å²) >= 11 is 0. The van der Waals surface area contributed by atoms with E-state index >= 15 is 0 Å². The highest BCUT2D eigenvalue weighted by molar-refractivity contribution is 7.90. The van der Waals surface area contributed by atoms with Crippen molar-refractivity contribution in [2.75, 3.05) is 0 Å². The predicted molar refractivity (Wildman–Crippen MR) is 97.9 cm³/mol. The van der Waals surface area contributed by atoms with Gasteiger partial charge in [0.25, 0.3) is 15.7 Å². The van der Waals surface area contributed by atoms with E-state index in [4.69, 9.17) is 0 Å². The van der Waals surface area contributed by atoms with Crippen LogP contribution in [0.15, 0.2) is 59.5 Å². The zero-order chi connectivity index (χ0) is 20.9. The Morgan fingerprint density at radius 1 is 1.14 bits per heavy atom. The maximum Gasteiger partial charge on any atom is 0.332 e. The summed E-state index contributed by atoms with van der Waals surface area (Å²) < 4.78 is 26.5. The molecule has 0 fully saturated rings. The number of rotatable bonds is 7. The van der Waals surface area contributed by atoms with Crippen molar-refractivity contribution in [1.29, 1.82) is 0 Å². The Hall–Kier alpha value is -3.47. The molecule has 11 heteroatoms. The smallest absolute Gasteiger partial charge is 0.332 e. The van der Waals surface area contributed by atoms with Crippen LogP contribution in [0.25, 0.3) is 0 Å². The van der Waals surface area contributed by atoms with Gasteiger partial charge in [-0.1, -0.05) is 36.4 Å². The van der Waals surface area contributed by atoms with E-state index in [2.05, 4.69) is 0 Å². The summed E-state index contributed by atoms with van der Waals surface area (Å²) in [5.41, 5.74) is -0.253. The number of sulfonamides is 1. The van der Waals surface area contributed by atoms with Crippen LogP contribution < -0.4 is 4.72 Å². The second kappa shape index (κ2) is 8.48. The normalized spacial score (nSPS) is 12.0. The molecule has 10 nitrogen and oxygen atoms in total. The van der Waals surface area contributed by atoms with Crippen LogP contribution in [-0.2, 0) is 21.4 Å². The lowest BCUT2D eigenvalue weighted by Gasteiger charge is -2.26. The lowest BCUT2D eigenvalue weighted by molar-refractivity contribution is -0.385. The average molecular weight is 407 g/mol. The van der Waals surface area contributed by atoms with Crippen LogP contribution >= 0.6 is 0 Å². The number of nitro benzene ring substituents is 1. The van der Waals surface area contributed by atoms with E-state index in [1.165, 1.54) is 55.5 Å². The van der Waals surface area contributed by atoms with E-state index in [1.54, 1.807) is 10.8 Å². The summed E-state index contributed by atoms with van der Waals surface area (Å²) in [6.07, 6.45) is 0. The molecule has 0 saturated carbocycles.